The maximum atomic E-state index is 13.4. The van der Waals surface area contributed by atoms with Crippen LogP contribution >= 0.6 is 11.6 Å². The molecule has 8 nitrogen and oxygen atoms in total. The summed E-state index contributed by atoms with van der Waals surface area (Å²) in [6, 6.07) is 3.96. The fourth-order valence-electron chi connectivity index (χ4n) is 4.94. The van der Waals surface area contributed by atoms with E-state index in [2.05, 4.69) is 10.3 Å². The number of hydrogen-bond acceptors (Lipinski definition) is 4. The van der Waals surface area contributed by atoms with Gasteiger partial charge in [-0.15, -0.1) is 0 Å². The third-order valence-corrected chi connectivity index (χ3v) is 6.90. The molecule has 2 heterocycles. The topological polar surface area (TPSA) is 110 Å². The average Bonchev–Trinajstić information content (AvgIpc) is 3.33. The lowest BCUT2D eigenvalue weighted by molar-refractivity contribution is -0.127. The first-order valence-corrected chi connectivity index (χ1v) is 11.1. The molecule has 4 rings (SSSR count). The van der Waals surface area contributed by atoms with Crippen molar-refractivity contribution in [2.45, 2.75) is 45.1 Å². The standard InChI is InChI=1S/C22H25ClFN5O3/c1-2-26-20(31)17-18(19(25)30)29(12-27-17)14-5-7-22(8-6-14)9-10-28(21(22)32)16-4-3-13(24)11-15(16)23/h3-4,11-12,14H,2,5-10H2,1H3,(H2,25,30)(H,26,31). The molecule has 0 radical (unpaired) electrons. The Labute approximate surface area is 189 Å². The summed E-state index contributed by atoms with van der Waals surface area (Å²) in [4.78, 5) is 43.5. The molecular weight excluding hydrogens is 437 g/mol. The van der Waals surface area contributed by atoms with Crippen molar-refractivity contribution in [3.63, 3.8) is 0 Å². The van der Waals surface area contributed by atoms with Crippen molar-refractivity contribution >= 4 is 35.0 Å². The number of nitrogens with two attached hydrogens (primary N) is 1. The number of carbonyl (C=O) groups is 3. The van der Waals surface area contributed by atoms with Gasteiger partial charge in [0, 0.05) is 19.1 Å². The Morgan fingerprint density at radius 1 is 1.31 bits per heavy atom. The SMILES string of the molecule is CCNC(=O)c1ncn(C2CCC3(CC2)CCN(c2ccc(F)cc2Cl)C3=O)c1C(N)=O. The first kappa shape index (κ1) is 22.3. The zero-order valence-corrected chi connectivity index (χ0v) is 18.5. The minimum absolute atomic E-state index is 0.00627. The van der Waals surface area contributed by atoms with E-state index < -0.39 is 23.0 Å². The second kappa shape index (κ2) is 8.54. The summed E-state index contributed by atoms with van der Waals surface area (Å²) in [5, 5.41) is 2.85. The molecule has 1 saturated heterocycles. The van der Waals surface area contributed by atoms with Gasteiger partial charge in [-0.2, -0.15) is 0 Å². The molecule has 1 aliphatic heterocycles. The highest BCUT2D eigenvalue weighted by atomic mass is 35.5. The van der Waals surface area contributed by atoms with Crippen LogP contribution in [0, 0.1) is 11.2 Å². The third kappa shape index (κ3) is 3.74. The Kier molecular flexibility index (Phi) is 5.94. The molecule has 2 aliphatic rings. The van der Waals surface area contributed by atoms with E-state index in [1.54, 1.807) is 16.4 Å². The molecule has 3 amide bonds. The highest BCUT2D eigenvalue weighted by Gasteiger charge is 2.49. The van der Waals surface area contributed by atoms with Gasteiger partial charge in [-0.3, -0.25) is 14.4 Å². The van der Waals surface area contributed by atoms with Crippen LogP contribution in [-0.2, 0) is 4.79 Å². The number of carbonyl (C=O) groups excluding carboxylic acids is 3. The molecule has 3 N–H and O–H groups in total. The first-order chi connectivity index (χ1) is 15.3. The monoisotopic (exact) mass is 461 g/mol. The molecule has 2 fully saturated rings. The second-order valence-electron chi connectivity index (χ2n) is 8.39. The van der Waals surface area contributed by atoms with Gasteiger partial charge in [-0.25, -0.2) is 9.37 Å². The number of rotatable bonds is 5. The van der Waals surface area contributed by atoms with E-state index in [-0.39, 0.29) is 28.4 Å². The van der Waals surface area contributed by atoms with Gasteiger partial charge >= 0.3 is 0 Å². The summed E-state index contributed by atoms with van der Waals surface area (Å²) in [7, 11) is 0. The van der Waals surface area contributed by atoms with E-state index in [0.717, 1.165) is 0 Å². The van der Waals surface area contributed by atoms with E-state index in [4.69, 9.17) is 17.3 Å². The molecule has 0 unspecified atom stereocenters. The molecule has 1 aliphatic carbocycles. The lowest BCUT2D eigenvalue weighted by Gasteiger charge is -2.36. The number of primary amides is 1. The van der Waals surface area contributed by atoms with Crippen molar-refractivity contribution in [1.29, 1.82) is 0 Å². The highest BCUT2D eigenvalue weighted by molar-refractivity contribution is 6.34. The predicted molar refractivity (Wildman–Crippen MR) is 117 cm³/mol. The Balaban J connectivity index is 1.52. The minimum Gasteiger partial charge on any atom is -0.364 e. The van der Waals surface area contributed by atoms with Crippen LogP contribution in [0.2, 0.25) is 5.02 Å². The molecule has 1 saturated carbocycles. The highest BCUT2D eigenvalue weighted by Crippen LogP contribution is 2.49. The maximum Gasteiger partial charge on any atom is 0.272 e. The second-order valence-corrected chi connectivity index (χ2v) is 8.79. The third-order valence-electron chi connectivity index (χ3n) is 6.60. The van der Waals surface area contributed by atoms with Gasteiger partial charge < -0.3 is 20.5 Å². The summed E-state index contributed by atoms with van der Waals surface area (Å²) in [6.45, 7) is 2.71. The number of benzene rings is 1. The lowest BCUT2D eigenvalue weighted by Crippen LogP contribution is -2.38. The van der Waals surface area contributed by atoms with Crippen LogP contribution in [0.25, 0.3) is 0 Å². The van der Waals surface area contributed by atoms with Gasteiger partial charge in [0.2, 0.25) is 5.91 Å². The largest absolute Gasteiger partial charge is 0.364 e. The van der Waals surface area contributed by atoms with Crippen LogP contribution in [0.5, 0.6) is 0 Å². The van der Waals surface area contributed by atoms with E-state index in [9.17, 15) is 18.8 Å². The molecule has 2 aromatic rings. The van der Waals surface area contributed by atoms with Gasteiger partial charge in [-0.1, -0.05) is 11.6 Å². The van der Waals surface area contributed by atoms with Crippen LogP contribution in [0.4, 0.5) is 10.1 Å². The fraction of sp³-hybridized carbons (Fsp3) is 0.455. The van der Waals surface area contributed by atoms with Crippen LogP contribution in [0.1, 0.15) is 66.0 Å². The number of anilines is 1. The molecule has 170 valence electrons. The molecular formula is C22H25ClFN5O3. The summed E-state index contributed by atoms with van der Waals surface area (Å²) in [5.41, 5.74) is 5.69. The number of imidazole rings is 1. The smallest absolute Gasteiger partial charge is 0.272 e. The number of nitrogens with zero attached hydrogens (tertiary/aromatic N) is 3. The van der Waals surface area contributed by atoms with Gasteiger partial charge in [0.25, 0.3) is 11.8 Å². The number of amides is 3. The van der Waals surface area contributed by atoms with Crippen LogP contribution in [-0.4, -0.2) is 40.4 Å². The maximum absolute atomic E-state index is 13.4. The molecule has 1 aromatic carbocycles. The summed E-state index contributed by atoms with van der Waals surface area (Å²) < 4.78 is 15.1. The molecule has 10 heteroatoms. The fourth-order valence-corrected chi connectivity index (χ4v) is 5.21. The average molecular weight is 462 g/mol. The van der Waals surface area contributed by atoms with Crippen LogP contribution in [0.15, 0.2) is 24.5 Å². The number of aromatic nitrogens is 2. The minimum atomic E-state index is -0.710. The Morgan fingerprint density at radius 3 is 2.66 bits per heavy atom. The van der Waals surface area contributed by atoms with Crippen LogP contribution in [0.3, 0.4) is 0 Å². The van der Waals surface area contributed by atoms with Crippen molar-refractivity contribution < 1.29 is 18.8 Å². The summed E-state index contributed by atoms with van der Waals surface area (Å²) in [5.74, 6) is -1.60. The Hall–Kier alpha value is -2.94. The van der Waals surface area contributed by atoms with E-state index in [1.807, 2.05) is 0 Å². The summed E-state index contributed by atoms with van der Waals surface area (Å²) >= 11 is 6.18. The van der Waals surface area contributed by atoms with Crippen molar-refractivity contribution in [2.75, 3.05) is 18.0 Å². The molecule has 1 aromatic heterocycles. The zero-order valence-electron chi connectivity index (χ0n) is 17.7. The first-order valence-electron chi connectivity index (χ1n) is 10.7. The Bertz CT molecular complexity index is 1080. The zero-order chi connectivity index (χ0) is 23.0. The molecule has 1 spiro atoms. The summed E-state index contributed by atoms with van der Waals surface area (Å²) in [6.07, 6.45) is 4.69. The predicted octanol–water partition coefficient (Wildman–Crippen LogP) is 3.06. The lowest BCUT2D eigenvalue weighted by atomic mass is 9.71. The molecule has 0 atom stereocenters. The van der Waals surface area contributed by atoms with Crippen molar-refractivity contribution in [1.82, 2.24) is 14.9 Å². The number of hydrogen-bond donors (Lipinski definition) is 2. The van der Waals surface area contributed by atoms with Crippen molar-refractivity contribution in [3.05, 3.63) is 46.8 Å². The van der Waals surface area contributed by atoms with Gasteiger partial charge in [0.05, 0.1) is 22.5 Å². The number of halogens is 2. The van der Waals surface area contributed by atoms with Gasteiger partial charge in [0.15, 0.2) is 5.69 Å². The number of nitrogens with one attached hydrogen (secondary N) is 1. The van der Waals surface area contributed by atoms with E-state index in [0.29, 0.717) is 50.9 Å². The van der Waals surface area contributed by atoms with Gasteiger partial charge in [-0.05, 0) is 57.2 Å². The van der Waals surface area contributed by atoms with E-state index in [1.165, 1.54) is 24.5 Å². The quantitative estimate of drug-likeness (QED) is 0.712. The van der Waals surface area contributed by atoms with Gasteiger partial charge in [0.1, 0.15) is 11.5 Å². The van der Waals surface area contributed by atoms with E-state index >= 15 is 0 Å². The van der Waals surface area contributed by atoms with Crippen molar-refractivity contribution in [2.24, 2.45) is 11.1 Å². The normalized spacial score (nSPS) is 23.0. The molecule has 32 heavy (non-hydrogen) atoms. The Morgan fingerprint density at radius 2 is 2.03 bits per heavy atom. The van der Waals surface area contributed by atoms with Crippen molar-refractivity contribution in [3.8, 4) is 0 Å². The molecule has 0 bridgehead atoms. The van der Waals surface area contributed by atoms with Crippen LogP contribution < -0.4 is 16.0 Å².